The van der Waals surface area contributed by atoms with Gasteiger partial charge in [-0.25, -0.2) is 8.42 Å². The Morgan fingerprint density at radius 3 is 2.19 bits per heavy atom. The average molecular weight is 396 g/mol. The van der Waals surface area contributed by atoms with E-state index in [1.807, 2.05) is 11.8 Å². The molecule has 0 aliphatic carbocycles. The number of benzene rings is 1. The van der Waals surface area contributed by atoms with Crippen molar-refractivity contribution in [2.75, 3.05) is 39.3 Å². The topological polar surface area (TPSA) is 86.8 Å². The van der Waals surface area contributed by atoms with Crippen molar-refractivity contribution in [3.05, 3.63) is 29.8 Å². The first-order chi connectivity index (χ1) is 12.8. The molecule has 1 saturated heterocycles. The number of piperazine rings is 1. The van der Waals surface area contributed by atoms with Crippen LogP contribution in [0.3, 0.4) is 0 Å². The number of carbonyl (C=O) groups excluding carboxylic acids is 2. The summed E-state index contributed by atoms with van der Waals surface area (Å²) in [7, 11) is -3.34. The minimum Gasteiger partial charge on any atom is -0.355 e. The second kappa shape index (κ2) is 9.32. The lowest BCUT2D eigenvalue weighted by Gasteiger charge is -2.34. The zero-order chi connectivity index (χ0) is 20.0. The Morgan fingerprint density at radius 2 is 1.67 bits per heavy atom. The molecule has 2 rings (SSSR count). The Bertz CT molecular complexity index is 752. The van der Waals surface area contributed by atoms with Gasteiger partial charge in [0.15, 0.2) is 9.84 Å². The van der Waals surface area contributed by atoms with Gasteiger partial charge in [0.1, 0.15) is 0 Å². The second-order valence-electron chi connectivity index (χ2n) is 7.04. The van der Waals surface area contributed by atoms with Crippen LogP contribution in [0, 0.1) is 0 Å². The molecule has 0 atom stereocenters. The Kier molecular flexibility index (Phi) is 7.38. The molecule has 2 amide bonds. The van der Waals surface area contributed by atoms with Gasteiger partial charge in [0.05, 0.1) is 16.7 Å². The zero-order valence-electron chi connectivity index (χ0n) is 16.3. The van der Waals surface area contributed by atoms with Crippen LogP contribution >= 0.6 is 0 Å². The Balaban J connectivity index is 1.91. The molecule has 8 heteroatoms. The predicted molar refractivity (Wildman–Crippen MR) is 104 cm³/mol. The van der Waals surface area contributed by atoms with Gasteiger partial charge >= 0.3 is 0 Å². The fraction of sp³-hybridized carbons (Fsp3) is 0.579. The number of hydrogen-bond acceptors (Lipinski definition) is 5. The minimum atomic E-state index is -3.34. The number of nitrogens with one attached hydrogen (secondary N) is 1. The molecule has 0 saturated carbocycles. The summed E-state index contributed by atoms with van der Waals surface area (Å²) in [6, 6.07) is 6.14. The molecule has 0 bridgehead atoms. The van der Waals surface area contributed by atoms with E-state index in [1.165, 1.54) is 12.1 Å². The molecule has 0 spiro atoms. The number of amides is 2. The molecule has 1 heterocycles. The predicted octanol–water partition coefficient (Wildman–Crippen LogP) is 1.15. The van der Waals surface area contributed by atoms with Gasteiger partial charge in [-0.2, -0.15) is 0 Å². The second-order valence-corrected chi connectivity index (χ2v) is 9.54. The summed E-state index contributed by atoms with van der Waals surface area (Å²) in [6.45, 7) is 8.69. The van der Waals surface area contributed by atoms with Gasteiger partial charge in [0, 0.05) is 38.3 Å². The van der Waals surface area contributed by atoms with Crippen molar-refractivity contribution < 1.29 is 18.0 Å². The summed E-state index contributed by atoms with van der Waals surface area (Å²) in [5, 5.41) is 2.36. The molecule has 1 aromatic rings. The van der Waals surface area contributed by atoms with E-state index in [4.69, 9.17) is 0 Å². The maximum Gasteiger partial charge on any atom is 0.253 e. The van der Waals surface area contributed by atoms with Gasteiger partial charge in [-0.05, 0) is 44.5 Å². The first-order valence-electron chi connectivity index (χ1n) is 9.38. The molecule has 1 aromatic carbocycles. The fourth-order valence-electron chi connectivity index (χ4n) is 2.87. The highest BCUT2D eigenvalue weighted by atomic mass is 32.2. The summed E-state index contributed by atoms with van der Waals surface area (Å²) in [5.74, 6) is -0.0999. The lowest BCUT2D eigenvalue weighted by Crippen LogP contribution is -2.51. The van der Waals surface area contributed by atoms with Crippen molar-refractivity contribution >= 4 is 21.7 Å². The third-order valence-electron chi connectivity index (χ3n) is 4.65. The first-order valence-corrected chi connectivity index (χ1v) is 10.9. The molecular formula is C19H29N3O4S. The van der Waals surface area contributed by atoms with Gasteiger partial charge in [-0.15, -0.1) is 0 Å². The number of hydrogen-bond donors (Lipinski definition) is 1. The SMILES string of the molecule is CCCNC(=O)CN1CCN(C(=O)c2ccc(S(=O)(=O)C(C)C)cc2)CC1. The van der Waals surface area contributed by atoms with Crippen LogP contribution in [0.2, 0.25) is 0 Å². The fourth-order valence-corrected chi connectivity index (χ4v) is 3.93. The highest BCUT2D eigenvalue weighted by Crippen LogP contribution is 2.17. The highest BCUT2D eigenvalue weighted by molar-refractivity contribution is 7.92. The van der Waals surface area contributed by atoms with Crippen LogP contribution in [-0.4, -0.2) is 74.6 Å². The van der Waals surface area contributed by atoms with E-state index in [0.717, 1.165) is 6.42 Å². The normalized spacial score (nSPS) is 15.8. The Hall–Kier alpha value is -1.93. The molecule has 0 aromatic heterocycles. The third-order valence-corrected chi connectivity index (χ3v) is 6.82. The van der Waals surface area contributed by atoms with E-state index in [9.17, 15) is 18.0 Å². The van der Waals surface area contributed by atoms with Crippen molar-refractivity contribution in [3.8, 4) is 0 Å². The molecule has 150 valence electrons. The van der Waals surface area contributed by atoms with E-state index in [2.05, 4.69) is 5.32 Å². The van der Waals surface area contributed by atoms with Gasteiger partial charge in [0.2, 0.25) is 5.91 Å². The van der Waals surface area contributed by atoms with Crippen molar-refractivity contribution in [3.63, 3.8) is 0 Å². The average Bonchev–Trinajstić information content (AvgIpc) is 2.66. The lowest BCUT2D eigenvalue weighted by atomic mass is 10.2. The minimum absolute atomic E-state index is 0.0126. The summed E-state index contributed by atoms with van der Waals surface area (Å²) in [6.07, 6.45) is 0.908. The molecule has 1 N–H and O–H groups in total. The van der Waals surface area contributed by atoms with Crippen LogP contribution in [0.5, 0.6) is 0 Å². The van der Waals surface area contributed by atoms with E-state index in [-0.39, 0.29) is 16.7 Å². The monoisotopic (exact) mass is 395 g/mol. The maximum atomic E-state index is 12.6. The number of rotatable bonds is 7. The molecule has 0 unspecified atom stereocenters. The van der Waals surface area contributed by atoms with Gasteiger partial charge in [-0.1, -0.05) is 6.92 Å². The zero-order valence-corrected chi connectivity index (χ0v) is 17.1. The number of sulfone groups is 1. The number of carbonyl (C=O) groups is 2. The van der Waals surface area contributed by atoms with Crippen molar-refractivity contribution in [1.29, 1.82) is 0 Å². The van der Waals surface area contributed by atoms with Crippen LogP contribution in [-0.2, 0) is 14.6 Å². The Labute approximate surface area is 161 Å². The standard InChI is InChI=1S/C19H29N3O4S/c1-4-9-20-18(23)14-21-10-12-22(13-11-21)19(24)16-5-7-17(8-6-16)27(25,26)15(2)3/h5-8,15H,4,9-14H2,1-3H3,(H,20,23). The molecule has 0 radical (unpaired) electrons. The smallest absolute Gasteiger partial charge is 0.253 e. The van der Waals surface area contributed by atoms with Gasteiger partial charge in [0.25, 0.3) is 5.91 Å². The molecule has 27 heavy (non-hydrogen) atoms. The van der Waals surface area contributed by atoms with E-state index in [1.54, 1.807) is 30.9 Å². The van der Waals surface area contributed by atoms with Crippen LogP contribution in [0.4, 0.5) is 0 Å². The van der Waals surface area contributed by atoms with Crippen LogP contribution < -0.4 is 5.32 Å². The largest absolute Gasteiger partial charge is 0.355 e. The molecular weight excluding hydrogens is 366 g/mol. The summed E-state index contributed by atoms with van der Waals surface area (Å²) < 4.78 is 24.3. The molecule has 7 nitrogen and oxygen atoms in total. The van der Waals surface area contributed by atoms with Crippen LogP contribution in [0.15, 0.2) is 29.2 Å². The summed E-state index contributed by atoms with van der Waals surface area (Å²) >= 11 is 0. The van der Waals surface area contributed by atoms with Crippen molar-refractivity contribution in [2.45, 2.75) is 37.3 Å². The van der Waals surface area contributed by atoms with Crippen LogP contribution in [0.1, 0.15) is 37.6 Å². The molecule has 1 aliphatic heterocycles. The van der Waals surface area contributed by atoms with E-state index in [0.29, 0.717) is 44.8 Å². The quantitative estimate of drug-likeness (QED) is 0.748. The summed E-state index contributed by atoms with van der Waals surface area (Å²) in [5.41, 5.74) is 0.479. The van der Waals surface area contributed by atoms with E-state index < -0.39 is 15.1 Å². The van der Waals surface area contributed by atoms with Crippen molar-refractivity contribution in [2.24, 2.45) is 0 Å². The lowest BCUT2D eigenvalue weighted by molar-refractivity contribution is -0.122. The summed E-state index contributed by atoms with van der Waals surface area (Å²) in [4.78, 5) is 28.4. The van der Waals surface area contributed by atoms with Crippen LogP contribution in [0.25, 0.3) is 0 Å². The molecule has 1 fully saturated rings. The maximum absolute atomic E-state index is 12.6. The molecule has 1 aliphatic rings. The van der Waals surface area contributed by atoms with Crippen molar-refractivity contribution in [1.82, 2.24) is 15.1 Å². The highest BCUT2D eigenvalue weighted by Gasteiger charge is 2.24. The first kappa shape index (κ1) is 21.4. The van der Waals surface area contributed by atoms with Gasteiger partial charge in [-0.3, -0.25) is 14.5 Å². The van der Waals surface area contributed by atoms with E-state index >= 15 is 0 Å². The number of nitrogens with zero attached hydrogens (tertiary/aromatic N) is 2. The van der Waals surface area contributed by atoms with Gasteiger partial charge < -0.3 is 10.2 Å². The third kappa shape index (κ3) is 5.52. The Morgan fingerprint density at radius 1 is 1.07 bits per heavy atom.